The van der Waals surface area contributed by atoms with Crippen LogP contribution in [-0.2, 0) is 10.8 Å². The second kappa shape index (κ2) is 20.0. The van der Waals surface area contributed by atoms with Gasteiger partial charge < -0.3 is 4.74 Å². The summed E-state index contributed by atoms with van der Waals surface area (Å²) in [6.45, 7) is 26.6. The molecule has 1 aliphatic heterocycles. The zero-order valence-electron chi connectivity index (χ0n) is 46.9. The molecule has 78 heavy (non-hydrogen) atoms. The van der Waals surface area contributed by atoms with Crippen molar-refractivity contribution in [2.24, 2.45) is 0 Å². The molecular formula is C71H68F2N4O+2. The lowest BCUT2D eigenvalue weighted by atomic mass is 9.81. The minimum atomic E-state index is -0.642. The Morgan fingerprint density at radius 2 is 1.08 bits per heavy atom. The fraction of sp³-hybridized carbons (Fsp3) is 0.239. The van der Waals surface area contributed by atoms with Gasteiger partial charge in [-0.2, -0.15) is 0 Å². The molecule has 1 aliphatic rings. The molecule has 0 amide bonds. The predicted octanol–water partition coefficient (Wildman–Crippen LogP) is 20.1. The maximum Gasteiger partial charge on any atom is 0.503 e. The molecule has 0 bridgehead atoms. The van der Waals surface area contributed by atoms with Crippen LogP contribution in [0, 0.1) is 11.6 Å². The number of benzene rings is 8. The normalized spacial score (nSPS) is 12.8. The molecule has 8 aromatic carbocycles. The first kappa shape index (κ1) is 51.8. The summed E-state index contributed by atoms with van der Waals surface area (Å²) in [6.07, 6.45) is 1.90. The first-order valence-corrected chi connectivity index (χ1v) is 27.4. The van der Waals surface area contributed by atoms with Crippen LogP contribution in [0.1, 0.15) is 129 Å². The van der Waals surface area contributed by atoms with Crippen LogP contribution in [0.15, 0.2) is 176 Å². The average Bonchev–Trinajstić information content (AvgIpc) is 4.01. The van der Waals surface area contributed by atoms with Crippen molar-refractivity contribution in [3.05, 3.63) is 216 Å². The van der Waals surface area contributed by atoms with Crippen LogP contribution in [0.3, 0.4) is 0 Å². The van der Waals surface area contributed by atoms with Crippen molar-refractivity contribution in [2.45, 2.75) is 112 Å². The third-order valence-electron chi connectivity index (χ3n) is 15.3. The molecule has 0 radical (unpaired) electrons. The minimum Gasteiger partial charge on any atom is -0.457 e. The standard InChI is InChI=1S/C71H68F2N4O/c1-43(2)46-29-47(44(3)4)31-48(30-46)62-36-52(71(10,11)12)37-63(49-32-53(72)39-54(73)33-49)69(62)76-42-75(65-23-17-18-24-66(65)76)55-34-50(59-20-14-13-19-58(59)45(5)6)35-57(40-55)78-56-25-26-61-60-21-15-16-22-64(60)77(67(61)41-56)68-38-51(27-28-74-68)70(7,8)9/h13-41,43-45H,1-12H3/q+2. The molecular weight excluding hydrogens is 963 g/mol. The Morgan fingerprint density at radius 3 is 1.73 bits per heavy atom. The van der Waals surface area contributed by atoms with E-state index in [1.807, 2.05) is 18.3 Å². The molecule has 0 unspecified atom stereocenters. The minimum absolute atomic E-state index is 0.0670. The number of rotatable bonds is 11. The lowest BCUT2D eigenvalue weighted by Gasteiger charge is -2.23. The summed E-state index contributed by atoms with van der Waals surface area (Å²) >= 11 is 0. The molecule has 0 aliphatic carbocycles. The van der Waals surface area contributed by atoms with Crippen molar-refractivity contribution < 1.29 is 13.5 Å². The monoisotopic (exact) mass is 1030 g/mol. The summed E-state index contributed by atoms with van der Waals surface area (Å²) in [4.78, 5) is 4.94. The van der Waals surface area contributed by atoms with E-state index in [-0.39, 0.29) is 28.6 Å². The number of ether oxygens (including phenoxy) is 1. The number of pyridine rings is 1. The maximum absolute atomic E-state index is 15.6. The number of hydrogen-bond donors (Lipinski definition) is 0. The van der Waals surface area contributed by atoms with Crippen molar-refractivity contribution >= 4 is 50.6 Å². The number of aromatic nitrogens is 2. The van der Waals surface area contributed by atoms with Gasteiger partial charge in [-0.1, -0.05) is 156 Å². The Bertz CT molecular complexity index is 4030. The highest BCUT2D eigenvalue weighted by Gasteiger charge is 2.41. The van der Waals surface area contributed by atoms with Gasteiger partial charge in [0.2, 0.25) is 11.4 Å². The van der Waals surface area contributed by atoms with Gasteiger partial charge in [-0.05, 0) is 148 Å². The van der Waals surface area contributed by atoms with Crippen LogP contribution < -0.4 is 13.9 Å². The fourth-order valence-electron chi connectivity index (χ4n) is 11.0. The summed E-state index contributed by atoms with van der Waals surface area (Å²) in [5, 5.41) is 2.24. The van der Waals surface area contributed by atoms with Crippen LogP contribution in [0.4, 0.5) is 31.5 Å². The van der Waals surface area contributed by atoms with E-state index < -0.39 is 11.6 Å². The molecule has 11 rings (SSSR count). The predicted molar refractivity (Wildman–Crippen MR) is 322 cm³/mol. The van der Waals surface area contributed by atoms with Gasteiger partial charge >= 0.3 is 6.01 Å². The van der Waals surface area contributed by atoms with Gasteiger partial charge in [0, 0.05) is 47.3 Å². The first-order chi connectivity index (χ1) is 37.2. The molecule has 0 saturated carbocycles. The van der Waals surface area contributed by atoms with Crippen LogP contribution in [0.25, 0.3) is 61.0 Å². The molecule has 0 N–H and O–H groups in total. The van der Waals surface area contributed by atoms with Crippen molar-refractivity contribution in [1.29, 1.82) is 0 Å². The number of halogens is 2. The summed E-state index contributed by atoms with van der Waals surface area (Å²) in [6, 6.07) is 61.3. The topological polar surface area (TPSA) is 33.1 Å². The van der Waals surface area contributed by atoms with Crippen molar-refractivity contribution in [3.8, 4) is 50.7 Å². The Hall–Kier alpha value is -8.25. The van der Waals surface area contributed by atoms with E-state index in [0.717, 1.165) is 84.3 Å². The van der Waals surface area contributed by atoms with Gasteiger partial charge in [0.25, 0.3) is 11.4 Å². The van der Waals surface area contributed by atoms with E-state index in [9.17, 15) is 0 Å². The molecule has 3 heterocycles. The van der Waals surface area contributed by atoms with Gasteiger partial charge in [-0.3, -0.25) is 4.57 Å². The average molecular weight is 1030 g/mol. The van der Waals surface area contributed by atoms with Gasteiger partial charge in [-0.15, -0.1) is 0 Å². The fourth-order valence-corrected chi connectivity index (χ4v) is 11.0. The zero-order valence-corrected chi connectivity index (χ0v) is 46.9. The Kier molecular flexibility index (Phi) is 13.3. The quantitative estimate of drug-likeness (QED) is 0.121. The SMILES string of the molecule is CC(C)c1cc(-c2cc(C(C)(C)C)cc(-c3cc(F)cc(F)c3)c2[N+]2=C=[N+](c3cc(Oc4ccc5c6ccccc6n(-c6cc(C(C)(C)C)ccn6)c5c4)cc(-c4ccccc4C(C)C)c3)c3ccccc32)cc(C(C)C)c1. The molecule has 0 atom stereocenters. The number of fused-ring (bicyclic) bond motifs is 4. The van der Waals surface area contributed by atoms with E-state index in [1.54, 1.807) is 0 Å². The largest absolute Gasteiger partial charge is 0.503 e. The van der Waals surface area contributed by atoms with E-state index in [1.165, 1.54) is 34.4 Å². The Balaban J connectivity index is 1.18. The molecule has 0 spiro atoms. The molecule has 7 heteroatoms. The van der Waals surface area contributed by atoms with E-state index >= 15 is 8.78 Å². The number of nitrogens with zero attached hydrogens (tertiary/aromatic N) is 4. The van der Waals surface area contributed by atoms with Crippen molar-refractivity contribution in [3.63, 3.8) is 0 Å². The smallest absolute Gasteiger partial charge is 0.457 e. The zero-order chi connectivity index (χ0) is 54.9. The highest BCUT2D eigenvalue weighted by atomic mass is 19.1. The Morgan fingerprint density at radius 1 is 0.487 bits per heavy atom. The van der Waals surface area contributed by atoms with Crippen LogP contribution in [0.2, 0.25) is 0 Å². The second-order valence-electron chi connectivity index (χ2n) is 24.0. The van der Waals surface area contributed by atoms with Crippen molar-refractivity contribution in [2.75, 3.05) is 0 Å². The summed E-state index contributed by atoms with van der Waals surface area (Å²) in [5.41, 5.74) is 16.1. The summed E-state index contributed by atoms with van der Waals surface area (Å²) < 4.78 is 44.8. The first-order valence-electron chi connectivity index (χ1n) is 27.4. The molecule has 10 aromatic rings. The highest BCUT2D eigenvalue weighted by molar-refractivity contribution is 6.09. The van der Waals surface area contributed by atoms with Crippen LogP contribution >= 0.6 is 0 Å². The lowest BCUT2D eigenvalue weighted by molar-refractivity contribution is 0.483. The van der Waals surface area contributed by atoms with Gasteiger partial charge in [0.05, 0.1) is 28.2 Å². The van der Waals surface area contributed by atoms with E-state index in [0.29, 0.717) is 22.6 Å². The van der Waals surface area contributed by atoms with Crippen LogP contribution in [0.5, 0.6) is 11.5 Å². The second-order valence-corrected chi connectivity index (χ2v) is 24.0. The van der Waals surface area contributed by atoms with Crippen LogP contribution in [-0.4, -0.2) is 15.6 Å². The van der Waals surface area contributed by atoms with E-state index in [4.69, 9.17) is 9.72 Å². The molecule has 5 nitrogen and oxygen atoms in total. The van der Waals surface area contributed by atoms with E-state index in [2.05, 4.69) is 242 Å². The third kappa shape index (κ3) is 9.77. The number of para-hydroxylation sites is 3. The molecule has 390 valence electrons. The van der Waals surface area contributed by atoms with Gasteiger partial charge in [0.1, 0.15) is 29.0 Å². The lowest BCUT2D eigenvalue weighted by Crippen LogP contribution is -2.13. The van der Waals surface area contributed by atoms with Gasteiger partial charge in [0.15, 0.2) is 0 Å². The maximum atomic E-state index is 15.6. The summed E-state index contributed by atoms with van der Waals surface area (Å²) in [7, 11) is 0. The highest BCUT2D eigenvalue weighted by Crippen LogP contribution is 2.49. The van der Waals surface area contributed by atoms with Crippen molar-refractivity contribution in [1.82, 2.24) is 18.7 Å². The molecule has 0 fully saturated rings. The molecule has 0 saturated heterocycles. The number of hydrogen-bond acceptors (Lipinski definition) is 2. The summed E-state index contributed by atoms with van der Waals surface area (Å²) in [5.74, 6) is 1.65. The Labute approximate surface area is 458 Å². The third-order valence-corrected chi connectivity index (χ3v) is 15.3. The van der Waals surface area contributed by atoms with Gasteiger partial charge in [-0.25, -0.2) is 13.8 Å². The molecule has 2 aromatic heterocycles.